The minimum Gasteiger partial charge on any atom is -0.367 e. The van der Waals surface area contributed by atoms with E-state index in [1.54, 1.807) is 6.20 Å². The molecule has 0 bridgehead atoms. The van der Waals surface area contributed by atoms with Crippen LogP contribution in [0.2, 0.25) is 0 Å². The molecular weight excluding hydrogens is 236 g/mol. The second-order valence-electron chi connectivity index (χ2n) is 4.59. The molecule has 0 saturated carbocycles. The first kappa shape index (κ1) is 13.5. The zero-order valence-corrected chi connectivity index (χ0v) is 11.3. The molecule has 19 heavy (non-hydrogen) atoms. The number of aromatic nitrogens is 2. The lowest BCUT2D eigenvalue weighted by Gasteiger charge is -2.26. The first-order chi connectivity index (χ1) is 9.31. The minimum atomic E-state index is 0.702. The quantitative estimate of drug-likeness (QED) is 0.860. The van der Waals surface area contributed by atoms with Crippen molar-refractivity contribution < 1.29 is 0 Å². The van der Waals surface area contributed by atoms with Gasteiger partial charge in [0.25, 0.3) is 0 Å². The van der Waals surface area contributed by atoms with E-state index in [4.69, 9.17) is 5.73 Å². The van der Waals surface area contributed by atoms with Gasteiger partial charge in [0, 0.05) is 43.6 Å². The van der Waals surface area contributed by atoms with E-state index >= 15 is 0 Å². The SMILES string of the molecule is Cc1cnccc1N(CCCN)Cc1cccnc1. The van der Waals surface area contributed by atoms with Gasteiger partial charge >= 0.3 is 0 Å². The summed E-state index contributed by atoms with van der Waals surface area (Å²) in [6.45, 7) is 4.57. The lowest BCUT2D eigenvalue weighted by molar-refractivity contribution is 0.731. The summed E-state index contributed by atoms with van der Waals surface area (Å²) in [5.74, 6) is 0. The van der Waals surface area contributed by atoms with E-state index in [1.807, 2.05) is 24.7 Å². The van der Waals surface area contributed by atoms with Crippen LogP contribution in [0.4, 0.5) is 5.69 Å². The first-order valence-electron chi connectivity index (χ1n) is 6.56. The number of anilines is 1. The van der Waals surface area contributed by atoms with Gasteiger partial charge in [-0.25, -0.2) is 0 Å². The monoisotopic (exact) mass is 256 g/mol. The molecule has 4 nitrogen and oxygen atoms in total. The lowest BCUT2D eigenvalue weighted by Crippen LogP contribution is -2.26. The van der Waals surface area contributed by atoms with Crippen molar-refractivity contribution in [3.63, 3.8) is 0 Å². The van der Waals surface area contributed by atoms with Gasteiger partial charge < -0.3 is 10.6 Å². The van der Waals surface area contributed by atoms with E-state index in [0.717, 1.165) is 19.5 Å². The number of nitrogens with two attached hydrogens (primary N) is 1. The molecular formula is C15H20N4. The van der Waals surface area contributed by atoms with Crippen LogP contribution in [-0.2, 0) is 6.54 Å². The van der Waals surface area contributed by atoms with Crippen LogP contribution in [-0.4, -0.2) is 23.1 Å². The van der Waals surface area contributed by atoms with Crippen LogP contribution in [0.3, 0.4) is 0 Å². The molecule has 0 radical (unpaired) electrons. The Morgan fingerprint density at radius 2 is 2.00 bits per heavy atom. The predicted octanol–water partition coefficient (Wildman–Crippen LogP) is 2.14. The van der Waals surface area contributed by atoms with E-state index in [-0.39, 0.29) is 0 Å². The third-order valence-corrected chi connectivity index (χ3v) is 3.06. The molecule has 0 fully saturated rings. The summed E-state index contributed by atoms with van der Waals surface area (Å²) in [5, 5.41) is 0. The Bertz CT molecular complexity index is 499. The highest BCUT2D eigenvalue weighted by atomic mass is 15.1. The van der Waals surface area contributed by atoms with E-state index in [9.17, 15) is 0 Å². The van der Waals surface area contributed by atoms with Crippen LogP contribution >= 0.6 is 0 Å². The molecule has 2 heterocycles. The third-order valence-electron chi connectivity index (χ3n) is 3.06. The van der Waals surface area contributed by atoms with Gasteiger partial charge in [0.2, 0.25) is 0 Å². The summed E-state index contributed by atoms with van der Waals surface area (Å²) >= 11 is 0. The van der Waals surface area contributed by atoms with Crippen LogP contribution in [0.25, 0.3) is 0 Å². The Hall–Kier alpha value is -1.94. The fourth-order valence-electron chi connectivity index (χ4n) is 2.10. The highest BCUT2D eigenvalue weighted by Crippen LogP contribution is 2.20. The average Bonchev–Trinajstić information content (AvgIpc) is 2.45. The van der Waals surface area contributed by atoms with Gasteiger partial charge in [-0.3, -0.25) is 9.97 Å². The van der Waals surface area contributed by atoms with Crippen molar-refractivity contribution in [1.29, 1.82) is 0 Å². The van der Waals surface area contributed by atoms with E-state index in [2.05, 4.69) is 33.9 Å². The fourth-order valence-corrected chi connectivity index (χ4v) is 2.10. The molecule has 2 aromatic heterocycles. The van der Waals surface area contributed by atoms with Crippen molar-refractivity contribution in [3.8, 4) is 0 Å². The van der Waals surface area contributed by atoms with Gasteiger partial charge in [-0.15, -0.1) is 0 Å². The van der Waals surface area contributed by atoms with Crippen molar-refractivity contribution >= 4 is 5.69 Å². The number of aryl methyl sites for hydroxylation is 1. The van der Waals surface area contributed by atoms with Crippen molar-refractivity contribution in [2.75, 3.05) is 18.0 Å². The molecule has 2 N–H and O–H groups in total. The van der Waals surface area contributed by atoms with Gasteiger partial charge in [0.15, 0.2) is 0 Å². The smallest absolute Gasteiger partial charge is 0.0444 e. The van der Waals surface area contributed by atoms with Gasteiger partial charge in [0.05, 0.1) is 0 Å². The molecule has 0 atom stereocenters. The van der Waals surface area contributed by atoms with Gasteiger partial charge in [0.1, 0.15) is 0 Å². The number of rotatable bonds is 6. The maximum Gasteiger partial charge on any atom is 0.0444 e. The summed E-state index contributed by atoms with van der Waals surface area (Å²) in [4.78, 5) is 10.7. The standard InChI is InChI=1S/C15H20N4/c1-13-10-18-8-5-15(13)19(9-3-6-16)12-14-4-2-7-17-11-14/h2,4-5,7-8,10-11H,3,6,9,12,16H2,1H3. The number of pyridine rings is 2. The number of nitrogens with zero attached hydrogens (tertiary/aromatic N) is 3. The van der Waals surface area contributed by atoms with Crippen molar-refractivity contribution in [2.45, 2.75) is 19.9 Å². The van der Waals surface area contributed by atoms with Crippen LogP contribution in [0.5, 0.6) is 0 Å². The maximum atomic E-state index is 5.63. The second kappa shape index (κ2) is 6.85. The topological polar surface area (TPSA) is 55.0 Å². The highest BCUT2D eigenvalue weighted by molar-refractivity contribution is 5.51. The van der Waals surface area contributed by atoms with Crippen molar-refractivity contribution in [1.82, 2.24) is 9.97 Å². The molecule has 0 unspecified atom stereocenters. The molecule has 0 saturated heterocycles. The Labute approximate surface area is 114 Å². The Balaban J connectivity index is 2.19. The van der Waals surface area contributed by atoms with Crippen LogP contribution in [0, 0.1) is 6.92 Å². The normalized spacial score (nSPS) is 10.4. The molecule has 0 aliphatic rings. The van der Waals surface area contributed by atoms with Crippen LogP contribution in [0.15, 0.2) is 43.0 Å². The number of hydrogen-bond acceptors (Lipinski definition) is 4. The second-order valence-corrected chi connectivity index (χ2v) is 4.59. The van der Waals surface area contributed by atoms with Gasteiger partial charge in [-0.05, 0) is 43.1 Å². The number of hydrogen-bond donors (Lipinski definition) is 1. The Morgan fingerprint density at radius 3 is 2.68 bits per heavy atom. The third kappa shape index (κ3) is 3.76. The summed E-state index contributed by atoms with van der Waals surface area (Å²) in [6.07, 6.45) is 8.41. The molecule has 0 aliphatic carbocycles. The highest BCUT2D eigenvalue weighted by Gasteiger charge is 2.09. The lowest BCUT2D eigenvalue weighted by atomic mass is 10.2. The molecule has 2 rings (SSSR count). The largest absolute Gasteiger partial charge is 0.367 e. The summed E-state index contributed by atoms with van der Waals surface area (Å²) in [5.41, 5.74) is 9.24. The van der Waals surface area contributed by atoms with Crippen LogP contribution in [0.1, 0.15) is 17.5 Å². The Morgan fingerprint density at radius 1 is 1.16 bits per heavy atom. The van der Waals surface area contributed by atoms with Crippen molar-refractivity contribution in [3.05, 3.63) is 54.1 Å². The van der Waals surface area contributed by atoms with E-state index in [1.165, 1.54) is 16.8 Å². The molecule has 100 valence electrons. The fraction of sp³-hybridized carbons (Fsp3) is 0.333. The molecule has 0 spiro atoms. The molecule has 0 aromatic carbocycles. The molecule has 0 amide bonds. The summed E-state index contributed by atoms with van der Waals surface area (Å²) < 4.78 is 0. The minimum absolute atomic E-state index is 0.702. The summed E-state index contributed by atoms with van der Waals surface area (Å²) in [6, 6.07) is 6.12. The van der Waals surface area contributed by atoms with E-state index < -0.39 is 0 Å². The summed E-state index contributed by atoms with van der Waals surface area (Å²) in [7, 11) is 0. The van der Waals surface area contributed by atoms with E-state index in [0.29, 0.717) is 6.54 Å². The average molecular weight is 256 g/mol. The maximum absolute atomic E-state index is 5.63. The first-order valence-corrected chi connectivity index (χ1v) is 6.56. The van der Waals surface area contributed by atoms with Gasteiger partial charge in [-0.1, -0.05) is 6.07 Å². The van der Waals surface area contributed by atoms with Crippen LogP contribution < -0.4 is 10.6 Å². The predicted molar refractivity (Wildman–Crippen MR) is 77.9 cm³/mol. The zero-order valence-electron chi connectivity index (χ0n) is 11.3. The molecule has 2 aromatic rings. The molecule has 0 aliphatic heterocycles. The Kier molecular flexibility index (Phi) is 4.86. The zero-order chi connectivity index (χ0) is 13.5. The van der Waals surface area contributed by atoms with Crippen molar-refractivity contribution in [2.24, 2.45) is 5.73 Å². The van der Waals surface area contributed by atoms with Gasteiger partial charge in [-0.2, -0.15) is 0 Å². The molecule has 4 heteroatoms.